The summed E-state index contributed by atoms with van der Waals surface area (Å²) in [6, 6.07) is 10.9. The van der Waals surface area contributed by atoms with Crippen molar-refractivity contribution in [3.63, 3.8) is 0 Å². The highest BCUT2D eigenvalue weighted by atomic mass is 32.1. The minimum Gasteiger partial charge on any atom is -0.376 e. The van der Waals surface area contributed by atoms with E-state index in [0.29, 0.717) is 23.5 Å². The van der Waals surface area contributed by atoms with Crippen molar-refractivity contribution in [3.05, 3.63) is 41.5 Å². The third-order valence-corrected chi connectivity index (χ3v) is 7.12. The Bertz CT molecular complexity index is 979. The molecule has 0 unspecified atom stereocenters. The molecule has 7 nitrogen and oxygen atoms in total. The number of benzene rings is 1. The van der Waals surface area contributed by atoms with Gasteiger partial charge in [-0.05, 0) is 61.4 Å². The van der Waals surface area contributed by atoms with Gasteiger partial charge < -0.3 is 25.2 Å². The lowest BCUT2D eigenvalue weighted by Gasteiger charge is -2.34. The van der Waals surface area contributed by atoms with Gasteiger partial charge in [0, 0.05) is 45.4 Å². The molecule has 2 fully saturated rings. The minimum atomic E-state index is 0.232. The molecule has 2 atom stereocenters. The van der Waals surface area contributed by atoms with Gasteiger partial charge in [0.15, 0.2) is 5.11 Å². The number of hydrogen-bond donors (Lipinski definition) is 2. The maximum atomic E-state index is 5.69. The zero-order valence-corrected chi connectivity index (χ0v) is 20.2. The highest BCUT2D eigenvalue weighted by Gasteiger charge is 2.23. The van der Waals surface area contributed by atoms with Gasteiger partial charge in [-0.15, -0.1) is 0 Å². The van der Waals surface area contributed by atoms with Crippen molar-refractivity contribution in [2.24, 2.45) is 5.92 Å². The average molecular weight is 467 g/mol. The van der Waals surface area contributed by atoms with Gasteiger partial charge in [0.25, 0.3) is 0 Å². The summed E-state index contributed by atoms with van der Waals surface area (Å²) in [5.41, 5.74) is 2.81. The molecule has 2 aromatic rings. The van der Waals surface area contributed by atoms with Crippen molar-refractivity contribution in [2.45, 2.75) is 51.7 Å². The normalized spacial score (nSPS) is 22.7. The molecule has 4 heterocycles. The van der Waals surface area contributed by atoms with E-state index in [1.54, 1.807) is 0 Å². The number of aromatic nitrogens is 2. The van der Waals surface area contributed by atoms with Gasteiger partial charge in [0.1, 0.15) is 11.6 Å². The fourth-order valence-electron chi connectivity index (χ4n) is 5.05. The monoisotopic (exact) mass is 466 g/mol. The summed E-state index contributed by atoms with van der Waals surface area (Å²) in [4.78, 5) is 14.5. The second-order valence-electron chi connectivity index (χ2n) is 9.51. The van der Waals surface area contributed by atoms with E-state index in [1.165, 1.54) is 24.0 Å². The van der Waals surface area contributed by atoms with Crippen LogP contribution in [0.25, 0.3) is 0 Å². The molecular formula is C25H34N6OS. The van der Waals surface area contributed by atoms with Crippen LogP contribution in [0.4, 0.5) is 17.6 Å². The fourth-order valence-corrected chi connectivity index (χ4v) is 5.22. The van der Waals surface area contributed by atoms with Crippen LogP contribution in [0, 0.1) is 5.92 Å². The van der Waals surface area contributed by atoms with Crippen LogP contribution in [0.1, 0.15) is 43.7 Å². The Morgan fingerprint density at radius 2 is 1.91 bits per heavy atom. The van der Waals surface area contributed by atoms with E-state index < -0.39 is 0 Å². The third-order valence-electron chi connectivity index (χ3n) is 6.87. The predicted octanol–water partition coefficient (Wildman–Crippen LogP) is 3.74. The van der Waals surface area contributed by atoms with Crippen molar-refractivity contribution >= 4 is 34.9 Å². The third kappa shape index (κ3) is 5.55. The first kappa shape index (κ1) is 22.3. The number of nitrogens with one attached hydrogen (secondary N) is 2. The molecule has 0 saturated carbocycles. The van der Waals surface area contributed by atoms with Gasteiger partial charge in [0.05, 0.1) is 6.10 Å². The highest BCUT2D eigenvalue weighted by Crippen LogP contribution is 2.29. The van der Waals surface area contributed by atoms with Gasteiger partial charge in [-0.2, -0.15) is 9.97 Å². The lowest BCUT2D eigenvalue weighted by molar-refractivity contribution is 0.114. The molecule has 1 aromatic heterocycles. The molecule has 0 amide bonds. The van der Waals surface area contributed by atoms with E-state index >= 15 is 0 Å². The number of ether oxygens (including phenoxy) is 1. The van der Waals surface area contributed by atoms with Crippen LogP contribution in [0.15, 0.2) is 30.3 Å². The van der Waals surface area contributed by atoms with Crippen molar-refractivity contribution in [3.8, 4) is 0 Å². The van der Waals surface area contributed by atoms with Crippen LogP contribution >= 0.6 is 12.2 Å². The summed E-state index contributed by atoms with van der Waals surface area (Å²) < 4.78 is 5.69. The number of piperidine rings is 1. The van der Waals surface area contributed by atoms with E-state index in [2.05, 4.69) is 57.7 Å². The average Bonchev–Trinajstić information content (AvgIpc) is 3.36. The van der Waals surface area contributed by atoms with Gasteiger partial charge in [0.2, 0.25) is 5.95 Å². The summed E-state index contributed by atoms with van der Waals surface area (Å²) in [5.74, 6) is 3.17. The van der Waals surface area contributed by atoms with Crippen LogP contribution in [0.2, 0.25) is 0 Å². The summed E-state index contributed by atoms with van der Waals surface area (Å²) in [6.45, 7) is 7.75. The summed E-state index contributed by atoms with van der Waals surface area (Å²) in [7, 11) is 0. The van der Waals surface area contributed by atoms with Crippen molar-refractivity contribution in [1.29, 1.82) is 0 Å². The Kier molecular flexibility index (Phi) is 6.92. The second kappa shape index (κ2) is 10.2. The summed E-state index contributed by atoms with van der Waals surface area (Å²) in [6.07, 6.45) is 5.93. The molecule has 5 rings (SSSR count). The van der Waals surface area contributed by atoms with Gasteiger partial charge >= 0.3 is 0 Å². The maximum Gasteiger partial charge on any atom is 0.232 e. The number of thiocarbonyl (C=S) groups is 1. The molecule has 8 heteroatoms. The molecular weight excluding hydrogens is 432 g/mol. The quantitative estimate of drug-likeness (QED) is 0.646. The lowest BCUT2D eigenvalue weighted by Crippen LogP contribution is -2.37. The smallest absolute Gasteiger partial charge is 0.232 e. The Hall–Kier alpha value is -2.45. The maximum absolute atomic E-state index is 5.69. The first-order valence-corrected chi connectivity index (χ1v) is 12.7. The fraction of sp³-hybridized carbons (Fsp3) is 0.560. The molecule has 3 aliphatic rings. The summed E-state index contributed by atoms with van der Waals surface area (Å²) in [5, 5.41) is 7.07. The first-order chi connectivity index (χ1) is 16.1. The van der Waals surface area contributed by atoms with E-state index in [0.717, 1.165) is 63.7 Å². The number of hydrogen-bond acceptors (Lipinski definition) is 6. The van der Waals surface area contributed by atoms with Gasteiger partial charge in [-0.3, -0.25) is 0 Å². The summed E-state index contributed by atoms with van der Waals surface area (Å²) >= 11 is 5.56. The molecule has 3 aliphatic heterocycles. The van der Waals surface area contributed by atoms with Gasteiger partial charge in [-0.1, -0.05) is 31.2 Å². The van der Waals surface area contributed by atoms with Crippen molar-refractivity contribution in [1.82, 2.24) is 15.3 Å². The molecule has 0 radical (unpaired) electrons. The molecule has 33 heavy (non-hydrogen) atoms. The van der Waals surface area contributed by atoms with Crippen LogP contribution in [0.5, 0.6) is 0 Å². The highest BCUT2D eigenvalue weighted by molar-refractivity contribution is 7.80. The van der Waals surface area contributed by atoms with Crippen LogP contribution in [0.3, 0.4) is 0 Å². The lowest BCUT2D eigenvalue weighted by atomic mass is 10.00. The SMILES string of the molecule is C[C@@H]1CCCN(c2cc(N3CCc4ccccc4C3)nc(NC(=S)NC[C@@H]3CCCO3)n2)C1. The van der Waals surface area contributed by atoms with Crippen molar-refractivity contribution in [2.75, 3.05) is 47.9 Å². The molecule has 0 spiro atoms. The molecule has 2 N–H and O–H groups in total. The molecule has 0 aliphatic carbocycles. The van der Waals surface area contributed by atoms with Gasteiger partial charge in [-0.25, -0.2) is 0 Å². The predicted molar refractivity (Wildman–Crippen MR) is 137 cm³/mol. The molecule has 2 saturated heterocycles. The second-order valence-corrected chi connectivity index (χ2v) is 9.92. The number of rotatable bonds is 5. The largest absolute Gasteiger partial charge is 0.376 e. The standard InChI is InChI=1S/C25H34N6OS/c1-18-6-4-11-30(16-18)22-14-23(31-12-10-19-7-2-3-8-20(19)17-31)28-24(27-22)29-25(33)26-15-21-9-5-13-32-21/h2-3,7-8,14,18,21H,4-6,9-13,15-17H2,1H3,(H2,26,27,28,29,33)/t18-,21+/m1/s1. The number of nitrogens with zero attached hydrogens (tertiary/aromatic N) is 4. The van der Waals surface area contributed by atoms with Crippen LogP contribution in [-0.2, 0) is 17.7 Å². The van der Waals surface area contributed by atoms with Crippen molar-refractivity contribution < 1.29 is 4.74 Å². The van der Waals surface area contributed by atoms with Crippen LogP contribution < -0.4 is 20.4 Å². The Balaban J connectivity index is 1.35. The molecule has 0 bridgehead atoms. The van der Waals surface area contributed by atoms with E-state index in [9.17, 15) is 0 Å². The minimum absolute atomic E-state index is 0.232. The zero-order chi connectivity index (χ0) is 22.6. The topological polar surface area (TPSA) is 65.5 Å². The number of fused-ring (bicyclic) bond motifs is 1. The van der Waals surface area contributed by atoms with E-state index in [-0.39, 0.29) is 6.10 Å². The van der Waals surface area contributed by atoms with E-state index in [4.69, 9.17) is 26.9 Å². The Morgan fingerprint density at radius 1 is 1.09 bits per heavy atom. The molecule has 176 valence electrons. The Labute approximate surface area is 201 Å². The molecule has 1 aromatic carbocycles. The zero-order valence-electron chi connectivity index (χ0n) is 19.4. The van der Waals surface area contributed by atoms with E-state index in [1.807, 2.05) is 0 Å². The first-order valence-electron chi connectivity index (χ1n) is 12.3. The Morgan fingerprint density at radius 3 is 2.70 bits per heavy atom. The van der Waals surface area contributed by atoms with Crippen LogP contribution in [-0.4, -0.2) is 54.0 Å². The number of anilines is 3.